The first-order valence-electron chi connectivity index (χ1n) is 4.81. The van der Waals surface area contributed by atoms with Crippen LogP contribution >= 0.6 is 0 Å². The van der Waals surface area contributed by atoms with E-state index in [1.807, 2.05) is 12.2 Å². The molecule has 0 aromatic heterocycles. The summed E-state index contributed by atoms with van der Waals surface area (Å²) in [6, 6.07) is 0. The van der Waals surface area contributed by atoms with Gasteiger partial charge in [0.15, 0.2) is 0 Å². The number of hydrogen-bond acceptors (Lipinski definition) is 4. The van der Waals surface area contributed by atoms with Crippen LogP contribution in [0.15, 0.2) is 25.3 Å². The molecule has 0 aliphatic carbocycles. The molecule has 0 atom stereocenters. The molecule has 0 N–H and O–H groups in total. The molecule has 0 aliphatic heterocycles. The van der Waals surface area contributed by atoms with E-state index in [1.165, 1.54) is 0 Å². The van der Waals surface area contributed by atoms with Crippen molar-refractivity contribution in [3.63, 3.8) is 0 Å². The van der Waals surface area contributed by atoms with E-state index in [9.17, 15) is 13.0 Å². The highest BCUT2D eigenvalue weighted by atomic mass is 32.3. The van der Waals surface area contributed by atoms with Crippen molar-refractivity contribution >= 4 is 10.4 Å². The zero-order valence-corrected chi connectivity index (χ0v) is 11.0. The minimum atomic E-state index is -4.41. The molecule has 0 saturated carbocycles. The zero-order chi connectivity index (χ0) is 13.2. The number of rotatable bonds is 6. The van der Waals surface area contributed by atoms with Gasteiger partial charge in [-0.05, 0) is 19.1 Å². The molecule has 0 fully saturated rings. The monoisotopic (exact) mass is 251 g/mol. The predicted octanol–water partition coefficient (Wildman–Crippen LogP) is 0.918. The fourth-order valence-electron chi connectivity index (χ4n) is 0.956. The summed E-state index contributed by atoms with van der Waals surface area (Å²) in [5.74, 6) is 0. The summed E-state index contributed by atoms with van der Waals surface area (Å²) in [6.07, 6.45) is 3.93. The molecular weight excluding hydrogens is 230 g/mol. The van der Waals surface area contributed by atoms with Gasteiger partial charge in [0.2, 0.25) is 10.4 Å². The molecule has 96 valence electrons. The maximum atomic E-state index is 9.22. The first-order valence-corrected chi connectivity index (χ1v) is 6.14. The summed E-state index contributed by atoms with van der Waals surface area (Å²) in [6.45, 7) is 12.8. The molecule has 0 unspecified atom stereocenters. The van der Waals surface area contributed by atoms with Crippen LogP contribution in [0.4, 0.5) is 0 Å². The van der Waals surface area contributed by atoms with E-state index >= 15 is 0 Å². The Kier molecular flexibility index (Phi) is 9.36. The Bertz CT molecular complexity index is 288. The summed E-state index contributed by atoms with van der Waals surface area (Å²) < 4.78 is 32.0. The minimum absolute atomic E-state index is 0.808. The Labute approximate surface area is 98.6 Å². The summed E-state index contributed by atoms with van der Waals surface area (Å²) in [5, 5.41) is 0. The van der Waals surface area contributed by atoms with Gasteiger partial charge in [-0.15, -0.1) is 0 Å². The maximum absolute atomic E-state index is 9.22. The molecule has 6 heteroatoms. The second kappa shape index (κ2) is 8.46. The van der Waals surface area contributed by atoms with Gasteiger partial charge in [-0.3, -0.25) is 4.18 Å². The lowest BCUT2D eigenvalue weighted by atomic mass is 10.3. The lowest BCUT2D eigenvalue weighted by Crippen LogP contribution is -2.43. The third-order valence-corrected chi connectivity index (χ3v) is 2.52. The number of nitrogens with zero attached hydrogens (tertiary/aromatic N) is 1. The van der Waals surface area contributed by atoms with Crippen LogP contribution in [0, 0.1) is 0 Å². The molecule has 0 saturated heterocycles. The lowest BCUT2D eigenvalue weighted by molar-refractivity contribution is -0.896. The van der Waals surface area contributed by atoms with Crippen molar-refractivity contribution in [2.45, 2.75) is 6.92 Å². The minimum Gasteiger partial charge on any atom is -0.726 e. The zero-order valence-electron chi connectivity index (χ0n) is 10.2. The molecule has 0 spiro atoms. The van der Waals surface area contributed by atoms with Gasteiger partial charge in [-0.1, -0.05) is 13.2 Å². The molecule has 0 aromatic rings. The van der Waals surface area contributed by atoms with Gasteiger partial charge in [0, 0.05) is 0 Å². The largest absolute Gasteiger partial charge is 0.726 e. The van der Waals surface area contributed by atoms with Crippen LogP contribution in [-0.4, -0.2) is 51.2 Å². The van der Waals surface area contributed by atoms with Gasteiger partial charge in [0.05, 0.1) is 33.8 Å². The fourth-order valence-corrected chi connectivity index (χ4v) is 0.956. The highest BCUT2D eigenvalue weighted by molar-refractivity contribution is 7.80. The highest BCUT2D eigenvalue weighted by Crippen LogP contribution is 2.00. The fraction of sp³-hybridized carbons (Fsp3) is 0.600. The van der Waals surface area contributed by atoms with Crippen LogP contribution in [0.5, 0.6) is 0 Å². The van der Waals surface area contributed by atoms with Crippen molar-refractivity contribution in [3.8, 4) is 0 Å². The second-order valence-electron chi connectivity index (χ2n) is 3.45. The summed E-state index contributed by atoms with van der Waals surface area (Å²) in [4.78, 5) is 0. The third-order valence-electron chi connectivity index (χ3n) is 2.11. The standard InChI is InChI=1S/C9H18N.CH4O4S/c1-5-8-10(4,7-3)9-6-2;1-5-6(2,3)4/h5-6H,1-2,7-9H2,3-4H3;1H3,(H,2,3,4)/q+1;/p-1. The van der Waals surface area contributed by atoms with Crippen LogP contribution in [0.1, 0.15) is 6.92 Å². The first kappa shape index (κ1) is 17.7. The molecule has 16 heavy (non-hydrogen) atoms. The third kappa shape index (κ3) is 11.4. The molecule has 0 heterocycles. The molecule has 0 bridgehead atoms. The topological polar surface area (TPSA) is 66.4 Å². The van der Waals surface area contributed by atoms with Crippen molar-refractivity contribution < 1.29 is 21.6 Å². The summed E-state index contributed by atoms with van der Waals surface area (Å²) in [5.41, 5.74) is 0. The van der Waals surface area contributed by atoms with Crippen LogP contribution in [0.25, 0.3) is 0 Å². The Morgan fingerprint density at radius 2 is 1.62 bits per heavy atom. The van der Waals surface area contributed by atoms with Crippen molar-refractivity contribution in [1.29, 1.82) is 0 Å². The number of likely N-dealkylation sites (N-methyl/N-ethyl adjacent to an activating group) is 1. The van der Waals surface area contributed by atoms with Gasteiger partial charge in [0.1, 0.15) is 0 Å². The Balaban J connectivity index is 0. The van der Waals surface area contributed by atoms with Crippen molar-refractivity contribution in [3.05, 3.63) is 25.3 Å². The molecule has 0 rings (SSSR count). The smallest absolute Gasteiger partial charge is 0.217 e. The van der Waals surface area contributed by atoms with Gasteiger partial charge in [0.25, 0.3) is 0 Å². The lowest BCUT2D eigenvalue weighted by Gasteiger charge is -2.30. The van der Waals surface area contributed by atoms with E-state index < -0.39 is 10.4 Å². The van der Waals surface area contributed by atoms with E-state index in [0.717, 1.165) is 31.2 Å². The van der Waals surface area contributed by atoms with Crippen molar-refractivity contribution in [1.82, 2.24) is 0 Å². The highest BCUT2D eigenvalue weighted by Gasteiger charge is 2.13. The first-order chi connectivity index (χ1) is 7.24. The van der Waals surface area contributed by atoms with E-state index in [2.05, 4.69) is 31.3 Å². The van der Waals surface area contributed by atoms with E-state index in [1.54, 1.807) is 0 Å². The van der Waals surface area contributed by atoms with Crippen LogP contribution in [-0.2, 0) is 14.6 Å². The van der Waals surface area contributed by atoms with E-state index in [-0.39, 0.29) is 0 Å². The average Bonchev–Trinajstić information content (AvgIpc) is 2.18. The van der Waals surface area contributed by atoms with Crippen molar-refractivity contribution in [2.24, 2.45) is 0 Å². The normalized spacial score (nSPS) is 11.2. The molecule has 0 radical (unpaired) electrons. The van der Waals surface area contributed by atoms with Gasteiger partial charge < -0.3 is 9.04 Å². The molecule has 0 amide bonds. The molecule has 5 nitrogen and oxygen atoms in total. The van der Waals surface area contributed by atoms with Crippen LogP contribution in [0.3, 0.4) is 0 Å². The van der Waals surface area contributed by atoms with Gasteiger partial charge in [-0.2, -0.15) is 0 Å². The molecule has 0 aliphatic rings. The van der Waals surface area contributed by atoms with Crippen LogP contribution < -0.4 is 0 Å². The SMILES string of the molecule is C=CC[N+](C)(CC)CC=C.COS(=O)(=O)[O-]. The van der Waals surface area contributed by atoms with Crippen LogP contribution in [0.2, 0.25) is 0 Å². The quantitative estimate of drug-likeness (QED) is 0.305. The Morgan fingerprint density at radius 3 is 1.75 bits per heavy atom. The predicted molar refractivity (Wildman–Crippen MR) is 63.6 cm³/mol. The summed E-state index contributed by atoms with van der Waals surface area (Å²) in [7, 11) is -1.39. The maximum Gasteiger partial charge on any atom is 0.217 e. The Hall–Kier alpha value is -0.690. The molecule has 0 aromatic carbocycles. The van der Waals surface area contributed by atoms with Gasteiger partial charge >= 0.3 is 0 Å². The summed E-state index contributed by atoms with van der Waals surface area (Å²) >= 11 is 0. The second-order valence-corrected chi connectivity index (χ2v) is 4.60. The van der Waals surface area contributed by atoms with E-state index in [4.69, 9.17) is 0 Å². The molecular formula is C10H21NO4S. The van der Waals surface area contributed by atoms with Gasteiger partial charge in [-0.25, -0.2) is 8.42 Å². The Morgan fingerprint density at radius 1 is 1.31 bits per heavy atom. The average molecular weight is 251 g/mol. The number of quaternary nitrogens is 1. The van der Waals surface area contributed by atoms with Crippen molar-refractivity contribution in [2.75, 3.05) is 33.8 Å². The number of hydrogen-bond donors (Lipinski definition) is 0. The van der Waals surface area contributed by atoms with E-state index in [0.29, 0.717) is 0 Å².